The van der Waals surface area contributed by atoms with Crippen LogP contribution in [-0.2, 0) is 4.79 Å². The van der Waals surface area contributed by atoms with Crippen LogP contribution in [0.2, 0.25) is 5.02 Å². The van der Waals surface area contributed by atoms with Gasteiger partial charge in [-0.25, -0.2) is 4.79 Å². The van der Waals surface area contributed by atoms with E-state index >= 15 is 0 Å². The summed E-state index contributed by atoms with van der Waals surface area (Å²) in [5.74, 6) is 0.531. The standard InChI is InChI=1S/C24H26ClN5O3/c1-13-11-14(2)30(29-13)15(3)23(31)27-20-10-9-17(12-19(20)25)26-24(32)28-22-16(4)33-21-8-6-5-7-18(21)22/h5-12,15-16,22H,1-4H3,(H,27,31)(H2,26,28,32). The molecule has 3 unspecified atom stereocenters. The number of benzene rings is 2. The van der Waals surface area contributed by atoms with E-state index in [0.29, 0.717) is 16.4 Å². The second-order valence-electron chi connectivity index (χ2n) is 8.17. The van der Waals surface area contributed by atoms with Gasteiger partial charge in [0.1, 0.15) is 17.9 Å². The molecule has 0 spiro atoms. The molecular weight excluding hydrogens is 442 g/mol. The molecule has 9 heteroatoms. The van der Waals surface area contributed by atoms with Gasteiger partial charge in [-0.3, -0.25) is 9.48 Å². The van der Waals surface area contributed by atoms with Crippen molar-refractivity contribution < 1.29 is 14.3 Å². The molecule has 0 saturated heterocycles. The van der Waals surface area contributed by atoms with Crippen LogP contribution in [0.4, 0.5) is 16.2 Å². The van der Waals surface area contributed by atoms with Gasteiger partial charge < -0.3 is 20.7 Å². The van der Waals surface area contributed by atoms with Crippen LogP contribution in [0.5, 0.6) is 5.75 Å². The first-order valence-corrected chi connectivity index (χ1v) is 11.1. The fourth-order valence-corrected chi connectivity index (χ4v) is 4.18. The number of rotatable bonds is 5. The van der Waals surface area contributed by atoms with E-state index in [9.17, 15) is 9.59 Å². The number of urea groups is 1. The van der Waals surface area contributed by atoms with Gasteiger partial charge in [0, 0.05) is 16.9 Å². The van der Waals surface area contributed by atoms with Crippen molar-refractivity contribution in [1.29, 1.82) is 0 Å². The van der Waals surface area contributed by atoms with E-state index in [1.54, 1.807) is 29.8 Å². The minimum atomic E-state index is -0.503. The van der Waals surface area contributed by atoms with Gasteiger partial charge in [0.05, 0.1) is 22.4 Å². The fraction of sp³-hybridized carbons (Fsp3) is 0.292. The zero-order chi connectivity index (χ0) is 23.7. The van der Waals surface area contributed by atoms with Crippen molar-refractivity contribution in [2.45, 2.75) is 45.9 Å². The molecule has 0 aliphatic carbocycles. The number of halogens is 1. The maximum absolute atomic E-state index is 12.7. The van der Waals surface area contributed by atoms with Gasteiger partial charge in [0.25, 0.3) is 0 Å². The van der Waals surface area contributed by atoms with Gasteiger partial charge >= 0.3 is 6.03 Å². The van der Waals surface area contributed by atoms with Gasteiger partial charge in [-0.15, -0.1) is 0 Å². The first kappa shape index (κ1) is 22.7. The zero-order valence-corrected chi connectivity index (χ0v) is 19.6. The maximum Gasteiger partial charge on any atom is 0.319 e. The molecule has 0 bridgehead atoms. The lowest BCUT2D eigenvalue weighted by atomic mass is 10.1. The van der Waals surface area contributed by atoms with Crippen LogP contribution in [0.1, 0.15) is 42.9 Å². The Balaban J connectivity index is 1.39. The Bertz CT molecular complexity index is 1210. The van der Waals surface area contributed by atoms with Crippen molar-refractivity contribution in [3.63, 3.8) is 0 Å². The maximum atomic E-state index is 12.7. The minimum Gasteiger partial charge on any atom is -0.488 e. The van der Waals surface area contributed by atoms with Crippen molar-refractivity contribution in [1.82, 2.24) is 15.1 Å². The third-order valence-corrected chi connectivity index (χ3v) is 5.91. The summed E-state index contributed by atoms with van der Waals surface area (Å²) < 4.78 is 7.46. The van der Waals surface area contributed by atoms with Crippen molar-refractivity contribution in [3.05, 3.63) is 70.5 Å². The first-order valence-electron chi connectivity index (χ1n) is 10.7. The summed E-state index contributed by atoms with van der Waals surface area (Å²) in [7, 11) is 0. The summed E-state index contributed by atoms with van der Waals surface area (Å²) in [4.78, 5) is 25.3. The highest BCUT2D eigenvalue weighted by Gasteiger charge is 2.32. The number of fused-ring (bicyclic) bond motifs is 1. The van der Waals surface area contributed by atoms with Crippen molar-refractivity contribution in [2.75, 3.05) is 10.6 Å². The molecule has 1 aliphatic heterocycles. The van der Waals surface area contributed by atoms with E-state index in [2.05, 4.69) is 21.0 Å². The highest BCUT2D eigenvalue weighted by Crippen LogP contribution is 2.36. The van der Waals surface area contributed by atoms with Crippen LogP contribution in [-0.4, -0.2) is 27.8 Å². The van der Waals surface area contributed by atoms with Gasteiger partial charge in [0.2, 0.25) is 5.91 Å². The monoisotopic (exact) mass is 467 g/mol. The number of aryl methyl sites for hydroxylation is 2. The van der Waals surface area contributed by atoms with Crippen LogP contribution in [0.25, 0.3) is 0 Å². The molecule has 2 aromatic carbocycles. The first-order chi connectivity index (χ1) is 15.7. The number of para-hydroxylation sites is 1. The molecule has 3 amide bonds. The number of ether oxygens (including phenoxy) is 1. The number of amides is 3. The van der Waals surface area contributed by atoms with Gasteiger partial charge in [0.15, 0.2) is 0 Å². The summed E-state index contributed by atoms with van der Waals surface area (Å²) in [5, 5.41) is 13.2. The lowest BCUT2D eigenvalue weighted by molar-refractivity contribution is -0.119. The summed E-state index contributed by atoms with van der Waals surface area (Å²) in [5.41, 5.74) is 3.64. The quantitative estimate of drug-likeness (QED) is 0.492. The number of aromatic nitrogens is 2. The number of hydrogen-bond acceptors (Lipinski definition) is 4. The highest BCUT2D eigenvalue weighted by molar-refractivity contribution is 6.34. The van der Waals surface area contributed by atoms with E-state index in [4.69, 9.17) is 16.3 Å². The number of nitrogens with zero attached hydrogens (tertiary/aromatic N) is 2. The van der Waals surface area contributed by atoms with E-state index in [1.165, 1.54) is 0 Å². The predicted octanol–water partition coefficient (Wildman–Crippen LogP) is 5.00. The second-order valence-corrected chi connectivity index (χ2v) is 8.58. The lowest BCUT2D eigenvalue weighted by Gasteiger charge is -2.18. The average Bonchev–Trinajstić information content (AvgIpc) is 3.27. The molecule has 3 N–H and O–H groups in total. The minimum absolute atomic E-state index is 0.182. The number of anilines is 2. The molecule has 172 valence electrons. The third-order valence-electron chi connectivity index (χ3n) is 5.60. The van der Waals surface area contributed by atoms with E-state index in [-0.39, 0.29) is 24.1 Å². The number of hydrogen-bond donors (Lipinski definition) is 3. The van der Waals surface area contributed by atoms with Crippen LogP contribution < -0.4 is 20.7 Å². The van der Waals surface area contributed by atoms with Crippen LogP contribution in [0.3, 0.4) is 0 Å². The molecule has 1 aromatic heterocycles. The van der Waals surface area contributed by atoms with Crippen molar-refractivity contribution >= 4 is 34.9 Å². The van der Waals surface area contributed by atoms with E-state index in [1.807, 2.05) is 51.1 Å². The Morgan fingerprint density at radius 2 is 1.88 bits per heavy atom. The predicted molar refractivity (Wildman–Crippen MR) is 128 cm³/mol. The number of carbonyl (C=O) groups is 2. The van der Waals surface area contributed by atoms with Gasteiger partial charge in [-0.2, -0.15) is 5.10 Å². The van der Waals surface area contributed by atoms with Crippen LogP contribution in [0.15, 0.2) is 48.5 Å². The molecule has 0 saturated carbocycles. The Morgan fingerprint density at radius 3 is 2.58 bits per heavy atom. The topological polar surface area (TPSA) is 97.3 Å². The van der Waals surface area contributed by atoms with Gasteiger partial charge in [-0.05, 0) is 58.0 Å². The molecule has 2 heterocycles. The molecule has 33 heavy (non-hydrogen) atoms. The Hall–Kier alpha value is -3.52. The molecule has 0 fully saturated rings. The van der Waals surface area contributed by atoms with E-state index < -0.39 is 6.04 Å². The molecular formula is C24H26ClN5O3. The summed E-state index contributed by atoms with van der Waals surface area (Å²) in [6.07, 6.45) is -0.182. The smallest absolute Gasteiger partial charge is 0.319 e. The number of nitrogens with one attached hydrogen (secondary N) is 3. The fourth-order valence-electron chi connectivity index (χ4n) is 3.95. The Kier molecular flexibility index (Phi) is 6.29. The zero-order valence-electron chi connectivity index (χ0n) is 18.8. The summed E-state index contributed by atoms with van der Waals surface area (Å²) >= 11 is 6.37. The number of carbonyl (C=O) groups excluding carboxylic acids is 2. The summed E-state index contributed by atoms with van der Waals surface area (Å²) in [6, 6.07) is 13.3. The second kappa shape index (κ2) is 9.15. The van der Waals surface area contributed by atoms with E-state index in [0.717, 1.165) is 22.7 Å². The van der Waals surface area contributed by atoms with Gasteiger partial charge in [-0.1, -0.05) is 29.8 Å². The lowest BCUT2D eigenvalue weighted by Crippen LogP contribution is -2.36. The van der Waals surface area contributed by atoms with Crippen molar-refractivity contribution in [3.8, 4) is 5.75 Å². The molecule has 0 radical (unpaired) electrons. The molecule has 3 atom stereocenters. The largest absolute Gasteiger partial charge is 0.488 e. The Labute approximate surface area is 197 Å². The summed E-state index contributed by atoms with van der Waals surface area (Å²) in [6.45, 7) is 7.46. The average molecular weight is 468 g/mol. The third kappa shape index (κ3) is 4.80. The molecule has 3 aromatic rings. The van der Waals surface area contributed by atoms with Crippen LogP contribution in [0, 0.1) is 13.8 Å². The normalized spacial score (nSPS) is 17.6. The SMILES string of the molecule is Cc1cc(C)n(C(C)C(=O)Nc2ccc(NC(=O)NC3c4ccccc4OC3C)cc2Cl)n1. The van der Waals surface area contributed by atoms with Crippen molar-refractivity contribution in [2.24, 2.45) is 0 Å². The molecule has 8 nitrogen and oxygen atoms in total. The molecule has 1 aliphatic rings. The highest BCUT2D eigenvalue weighted by atomic mass is 35.5. The molecule has 4 rings (SSSR count). The Morgan fingerprint density at radius 1 is 1.12 bits per heavy atom. The van der Waals surface area contributed by atoms with Crippen LogP contribution >= 0.6 is 11.6 Å².